The highest BCUT2D eigenvalue weighted by molar-refractivity contribution is 7.88. The van der Waals surface area contributed by atoms with Gasteiger partial charge in [0.15, 0.2) is 0 Å². The maximum atomic E-state index is 12.0. The number of amides is 2. The Morgan fingerprint density at radius 1 is 1.27 bits per heavy atom. The fourth-order valence-electron chi connectivity index (χ4n) is 2.53. The van der Waals surface area contributed by atoms with Crippen LogP contribution in [0, 0.1) is 13.8 Å². The number of carbonyl (C=O) groups is 1. The van der Waals surface area contributed by atoms with E-state index in [1.807, 2.05) is 32.0 Å². The third-order valence-corrected chi connectivity index (χ3v) is 5.22. The molecule has 1 aromatic rings. The Morgan fingerprint density at radius 2 is 2.00 bits per heavy atom. The van der Waals surface area contributed by atoms with Gasteiger partial charge in [0.05, 0.1) is 6.26 Å². The number of hydrogen-bond donors (Lipinski definition) is 2. The summed E-state index contributed by atoms with van der Waals surface area (Å²) in [5.74, 6) is 0. The van der Waals surface area contributed by atoms with Crippen LogP contribution in [0.5, 0.6) is 0 Å². The van der Waals surface area contributed by atoms with E-state index in [0.717, 1.165) is 24.1 Å². The van der Waals surface area contributed by atoms with Crippen LogP contribution < -0.4 is 10.6 Å². The van der Waals surface area contributed by atoms with E-state index in [9.17, 15) is 13.2 Å². The van der Waals surface area contributed by atoms with Crippen LogP contribution in [0.2, 0.25) is 0 Å². The Morgan fingerprint density at radius 3 is 2.64 bits per heavy atom. The number of benzene rings is 1. The Balaban J connectivity index is 1.92. The van der Waals surface area contributed by atoms with Crippen LogP contribution in [-0.2, 0) is 10.0 Å². The molecule has 1 aliphatic rings. The van der Waals surface area contributed by atoms with Gasteiger partial charge < -0.3 is 10.6 Å². The minimum absolute atomic E-state index is 0.157. The highest BCUT2D eigenvalue weighted by atomic mass is 32.2. The predicted molar refractivity (Wildman–Crippen MR) is 87.5 cm³/mol. The fourth-order valence-corrected chi connectivity index (χ4v) is 3.44. The normalized spacial score (nSPS) is 19.7. The first-order valence-electron chi connectivity index (χ1n) is 7.35. The highest BCUT2D eigenvalue weighted by Gasteiger charge is 2.26. The molecule has 2 N–H and O–H groups in total. The topological polar surface area (TPSA) is 78.5 Å². The van der Waals surface area contributed by atoms with Crippen molar-refractivity contribution in [3.63, 3.8) is 0 Å². The molecule has 6 nitrogen and oxygen atoms in total. The average Bonchev–Trinajstić information content (AvgIpc) is 2.42. The van der Waals surface area contributed by atoms with Crippen molar-refractivity contribution in [1.82, 2.24) is 9.62 Å². The van der Waals surface area contributed by atoms with E-state index < -0.39 is 10.0 Å². The Hall–Kier alpha value is -1.60. The van der Waals surface area contributed by atoms with Gasteiger partial charge in [-0.3, -0.25) is 0 Å². The second-order valence-corrected chi connectivity index (χ2v) is 7.84. The van der Waals surface area contributed by atoms with Gasteiger partial charge in [0, 0.05) is 24.8 Å². The fraction of sp³-hybridized carbons (Fsp3) is 0.533. The van der Waals surface area contributed by atoms with Gasteiger partial charge in [0.1, 0.15) is 0 Å². The summed E-state index contributed by atoms with van der Waals surface area (Å²) >= 11 is 0. The van der Waals surface area contributed by atoms with E-state index in [4.69, 9.17) is 0 Å². The van der Waals surface area contributed by atoms with E-state index in [-0.39, 0.29) is 12.1 Å². The summed E-state index contributed by atoms with van der Waals surface area (Å²) in [5.41, 5.74) is 3.01. The van der Waals surface area contributed by atoms with Gasteiger partial charge >= 0.3 is 6.03 Å². The Bertz CT molecular complexity index is 658. The summed E-state index contributed by atoms with van der Waals surface area (Å²) in [6.45, 7) is 4.86. The molecule has 1 fully saturated rings. The average molecular weight is 325 g/mol. The van der Waals surface area contributed by atoms with Crippen molar-refractivity contribution in [2.45, 2.75) is 32.7 Å². The third kappa shape index (κ3) is 4.45. The number of rotatable bonds is 3. The highest BCUT2D eigenvalue weighted by Crippen LogP contribution is 2.15. The van der Waals surface area contributed by atoms with Gasteiger partial charge in [-0.05, 0) is 49.9 Å². The van der Waals surface area contributed by atoms with Crippen molar-refractivity contribution in [3.8, 4) is 0 Å². The standard InChI is InChI=1S/C15H23N3O3S/c1-11-6-7-13(9-12(11)2)16-15(19)17-14-5-4-8-18(10-14)22(3,20)21/h6-7,9,14H,4-5,8,10H2,1-3H3,(H2,16,17,19)/t14-/m1/s1. The van der Waals surface area contributed by atoms with Crippen molar-refractivity contribution in [2.24, 2.45) is 0 Å². The third-order valence-electron chi connectivity index (χ3n) is 3.95. The molecular weight excluding hydrogens is 302 g/mol. The quantitative estimate of drug-likeness (QED) is 0.890. The van der Waals surface area contributed by atoms with Gasteiger partial charge in [-0.1, -0.05) is 6.07 Å². The molecule has 1 aromatic carbocycles. The maximum absolute atomic E-state index is 12.0. The lowest BCUT2D eigenvalue weighted by Gasteiger charge is -2.31. The molecule has 1 atom stereocenters. The predicted octanol–water partition coefficient (Wildman–Crippen LogP) is 1.85. The van der Waals surface area contributed by atoms with Gasteiger partial charge in [0.2, 0.25) is 10.0 Å². The van der Waals surface area contributed by atoms with Crippen LogP contribution >= 0.6 is 0 Å². The first kappa shape index (κ1) is 16.8. The molecule has 1 saturated heterocycles. The second kappa shape index (κ2) is 6.66. The van der Waals surface area contributed by atoms with Crippen molar-refractivity contribution in [2.75, 3.05) is 24.7 Å². The summed E-state index contributed by atoms with van der Waals surface area (Å²) in [5, 5.41) is 5.64. The van der Waals surface area contributed by atoms with E-state index >= 15 is 0 Å². The van der Waals surface area contributed by atoms with Crippen molar-refractivity contribution in [1.29, 1.82) is 0 Å². The van der Waals surface area contributed by atoms with Crippen LogP contribution in [0.3, 0.4) is 0 Å². The molecule has 0 radical (unpaired) electrons. The molecule has 7 heteroatoms. The van der Waals surface area contributed by atoms with Crippen LogP contribution in [-0.4, -0.2) is 44.1 Å². The van der Waals surface area contributed by atoms with E-state index in [1.54, 1.807) is 0 Å². The number of nitrogens with zero attached hydrogens (tertiary/aromatic N) is 1. The van der Waals surface area contributed by atoms with E-state index in [2.05, 4.69) is 10.6 Å². The minimum Gasteiger partial charge on any atom is -0.334 e. The summed E-state index contributed by atoms with van der Waals surface area (Å²) < 4.78 is 24.6. The maximum Gasteiger partial charge on any atom is 0.319 e. The zero-order valence-electron chi connectivity index (χ0n) is 13.2. The number of urea groups is 1. The number of carbonyl (C=O) groups excluding carboxylic acids is 1. The van der Waals surface area contributed by atoms with Gasteiger partial charge in [-0.25, -0.2) is 17.5 Å². The zero-order chi connectivity index (χ0) is 16.3. The van der Waals surface area contributed by atoms with Crippen molar-refractivity contribution in [3.05, 3.63) is 29.3 Å². The molecule has 22 heavy (non-hydrogen) atoms. The van der Waals surface area contributed by atoms with Crippen molar-refractivity contribution >= 4 is 21.7 Å². The number of piperidine rings is 1. The summed E-state index contributed by atoms with van der Waals surface area (Å²) in [4.78, 5) is 12.0. The van der Waals surface area contributed by atoms with E-state index in [0.29, 0.717) is 13.1 Å². The molecule has 0 bridgehead atoms. The molecule has 0 saturated carbocycles. The minimum atomic E-state index is -3.20. The molecule has 0 unspecified atom stereocenters. The molecule has 2 rings (SSSR count). The SMILES string of the molecule is Cc1ccc(NC(=O)N[C@@H]2CCCN(S(C)(=O)=O)C2)cc1C. The molecule has 2 amide bonds. The summed E-state index contributed by atoms with van der Waals surface area (Å²) in [6, 6.07) is 5.26. The van der Waals surface area contributed by atoms with Crippen LogP contribution in [0.1, 0.15) is 24.0 Å². The van der Waals surface area contributed by atoms with Gasteiger partial charge in [-0.2, -0.15) is 0 Å². The summed E-state index contributed by atoms with van der Waals surface area (Å²) in [7, 11) is -3.20. The monoisotopic (exact) mass is 325 g/mol. The van der Waals surface area contributed by atoms with Gasteiger partial charge in [-0.15, -0.1) is 0 Å². The first-order valence-corrected chi connectivity index (χ1v) is 9.20. The molecule has 1 aliphatic heterocycles. The number of anilines is 1. The smallest absolute Gasteiger partial charge is 0.319 e. The van der Waals surface area contributed by atoms with E-state index in [1.165, 1.54) is 16.1 Å². The van der Waals surface area contributed by atoms with Gasteiger partial charge in [0.25, 0.3) is 0 Å². The zero-order valence-corrected chi connectivity index (χ0v) is 14.0. The Kier molecular flexibility index (Phi) is 5.08. The molecule has 0 spiro atoms. The molecule has 122 valence electrons. The number of nitrogens with one attached hydrogen (secondary N) is 2. The molecular formula is C15H23N3O3S. The second-order valence-electron chi connectivity index (χ2n) is 5.86. The number of aryl methyl sites for hydroxylation is 2. The lowest BCUT2D eigenvalue weighted by atomic mass is 10.1. The molecule has 1 heterocycles. The Labute approximate surface area is 131 Å². The largest absolute Gasteiger partial charge is 0.334 e. The number of hydrogen-bond acceptors (Lipinski definition) is 3. The molecule has 0 aliphatic carbocycles. The first-order chi connectivity index (χ1) is 10.3. The van der Waals surface area contributed by atoms with Crippen LogP contribution in [0.15, 0.2) is 18.2 Å². The lowest BCUT2D eigenvalue weighted by Crippen LogP contribution is -2.50. The van der Waals surface area contributed by atoms with Crippen LogP contribution in [0.4, 0.5) is 10.5 Å². The summed E-state index contributed by atoms with van der Waals surface area (Å²) in [6.07, 6.45) is 2.73. The van der Waals surface area contributed by atoms with Crippen LogP contribution in [0.25, 0.3) is 0 Å². The number of sulfonamides is 1. The van der Waals surface area contributed by atoms with Crippen molar-refractivity contribution < 1.29 is 13.2 Å². The molecule has 0 aromatic heterocycles. The lowest BCUT2D eigenvalue weighted by molar-refractivity contribution is 0.236.